The quantitative estimate of drug-likeness (QED) is 0.843. The molecule has 2 N–H and O–H groups in total. The van der Waals surface area contributed by atoms with Crippen LogP contribution in [0, 0.1) is 0 Å². The second kappa shape index (κ2) is 5.82. The van der Waals surface area contributed by atoms with E-state index in [1.54, 1.807) is 18.3 Å². The summed E-state index contributed by atoms with van der Waals surface area (Å²) in [5, 5.41) is 0. The monoisotopic (exact) mass is 249 g/mol. The van der Waals surface area contributed by atoms with Gasteiger partial charge in [-0.1, -0.05) is 0 Å². The maximum absolute atomic E-state index is 12.1. The van der Waals surface area contributed by atoms with Gasteiger partial charge in [0.1, 0.15) is 0 Å². The first-order valence-electron chi connectivity index (χ1n) is 6.25. The van der Waals surface area contributed by atoms with Gasteiger partial charge in [0.25, 0.3) is 0 Å². The molecule has 1 aliphatic heterocycles. The van der Waals surface area contributed by atoms with Gasteiger partial charge in [-0.3, -0.25) is 9.78 Å². The van der Waals surface area contributed by atoms with Crippen LogP contribution in [-0.4, -0.2) is 41.6 Å². The first kappa shape index (κ1) is 12.8. The van der Waals surface area contributed by atoms with E-state index in [-0.39, 0.29) is 12.0 Å². The van der Waals surface area contributed by atoms with Crippen LogP contribution >= 0.6 is 0 Å². The number of rotatable bonds is 2. The third-order valence-corrected chi connectivity index (χ3v) is 2.98. The van der Waals surface area contributed by atoms with Gasteiger partial charge in [0.05, 0.1) is 24.4 Å². The van der Waals surface area contributed by atoms with Crippen LogP contribution in [0.3, 0.4) is 0 Å². The highest BCUT2D eigenvalue weighted by Crippen LogP contribution is 2.09. The second-order valence-electron chi connectivity index (χ2n) is 4.63. The Kier molecular flexibility index (Phi) is 4.15. The van der Waals surface area contributed by atoms with Gasteiger partial charge in [-0.2, -0.15) is 0 Å². The lowest BCUT2D eigenvalue weighted by Gasteiger charge is -2.22. The standard InChI is InChI=1S/C13H19N3O2/c1-10-9-16(5-2-6-18-10)13(17)7-12-4-3-11(14)8-15-12/h3-4,8,10H,2,5-7,9,14H2,1H3. The van der Waals surface area contributed by atoms with Crippen LogP contribution in [-0.2, 0) is 16.0 Å². The lowest BCUT2D eigenvalue weighted by atomic mass is 10.2. The van der Waals surface area contributed by atoms with E-state index in [2.05, 4.69) is 4.98 Å². The molecule has 18 heavy (non-hydrogen) atoms. The van der Waals surface area contributed by atoms with Crippen molar-refractivity contribution in [2.24, 2.45) is 0 Å². The highest BCUT2D eigenvalue weighted by molar-refractivity contribution is 5.78. The van der Waals surface area contributed by atoms with Crippen molar-refractivity contribution in [3.63, 3.8) is 0 Å². The summed E-state index contributed by atoms with van der Waals surface area (Å²) >= 11 is 0. The van der Waals surface area contributed by atoms with Crippen LogP contribution in [0.4, 0.5) is 5.69 Å². The Bertz CT molecular complexity index is 405. The summed E-state index contributed by atoms with van der Waals surface area (Å²) in [6, 6.07) is 3.56. The van der Waals surface area contributed by atoms with Crippen molar-refractivity contribution in [1.29, 1.82) is 0 Å². The molecule has 0 saturated carbocycles. The molecule has 5 heteroatoms. The lowest BCUT2D eigenvalue weighted by Crippen LogP contribution is -2.37. The fourth-order valence-electron chi connectivity index (χ4n) is 2.03. The highest BCUT2D eigenvalue weighted by atomic mass is 16.5. The second-order valence-corrected chi connectivity index (χ2v) is 4.63. The lowest BCUT2D eigenvalue weighted by molar-refractivity contribution is -0.131. The van der Waals surface area contributed by atoms with Crippen molar-refractivity contribution in [2.75, 3.05) is 25.4 Å². The number of nitrogens with zero attached hydrogens (tertiary/aromatic N) is 2. The number of hydrogen-bond acceptors (Lipinski definition) is 4. The van der Waals surface area contributed by atoms with E-state index in [4.69, 9.17) is 10.5 Å². The molecule has 2 heterocycles. The van der Waals surface area contributed by atoms with Crippen LogP contribution in [0.15, 0.2) is 18.3 Å². The third-order valence-electron chi connectivity index (χ3n) is 2.98. The summed E-state index contributed by atoms with van der Waals surface area (Å²) in [7, 11) is 0. The van der Waals surface area contributed by atoms with E-state index in [0.717, 1.165) is 25.3 Å². The minimum Gasteiger partial charge on any atom is -0.397 e. The molecule has 1 unspecified atom stereocenters. The van der Waals surface area contributed by atoms with Crippen molar-refractivity contribution in [3.05, 3.63) is 24.0 Å². The minimum absolute atomic E-state index is 0.102. The number of nitrogens with two attached hydrogens (primary N) is 1. The zero-order valence-electron chi connectivity index (χ0n) is 10.6. The number of carbonyl (C=O) groups is 1. The Morgan fingerprint density at radius 1 is 1.61 bits per heavy atom. The first-order chi connectivity index (χ1) is 8.65. The van der Waals surface area contributed by atoms with Gasteiger partial charge in [0, 0.05) is 25.4 Å². The van der Waals surface area contributed by atoms with E-state index in [1.165, 1.54) is 0 Å². The summed E-state index contributed by atoms with van der Waals surface area (Å²) in [5.74, 6) is 0.102. The highest BCUT2D eigenvalue weighted by Gasteiger charge is 2.20. The van der Waals surface area contributed by atoms with Gasteiger partial charge >= 0.3 is 0 Å². The van der Waals surface area contributed by atoms with Crippen molar-refractivity contribution >= 4 is 11.6 Å². The molecule has 1 aliphatic rings. The summed E-state index contributed by atoms with van der Waals surface area (Å²) < 4.78 is 5.52. The third kappa shape index (κ3) is 3.43. The number of nitrogen functional groups attached to an aromatic ring is 1. The van der Waals surface area contributed by atoms with Crippen molar-refractivity contribution in [3.8, 4) is 0 Å². The molecule has 5 nitrogen and oxygen atoms in total. The minimum atomic E-state index is 0.102. The summed E-state index contributed by atoms with van der Waals surface area (Å²) in [6.45, 7) is 4.14. The van der Waals surface area contributed by atoms with Crippen LogP contribution in [0.25, 0.3) is 0 Å². The van der Waals surface area contributed by atoms with Crippen molar-refractivity contribution in [2.45, 2.75) is 25.9 Å². The fraction of sp³-hybridized carbons (Fsp3) is 0.538. The Balaban J connectivity index is 1.96. The van der Waals surface area contributed by atoms with E-state index in [1.807, 2.05) is 11.8 Å². The normalized spacial score (nSPS) is 20.5. The van der Waals surface area contributed by atoms with Gasteiger partial charge in [0.2, 0.25) is 5.91 Å². The Labute approximate surface area is 107 Å². The average molecular weight is 249 g/mol. The predicted molar refractivity (Wildman–Crippen MR) is 69.0 cm³/mol. The number of carbonyl (C=O) groups excluding carboxylic acids is 1. The number of amides is 1. The molecular weight excluding hydrogens is 230 g/mol. The Hall–Kier alpha value is -1.62. The van der Waals surface area contributed by atoms with E-state index in [0.29, 0.717) is 18.7 Å². The molecule has 1 fully saturated rings. The molecule has 1 aromatic heterocycles. The molecule has 1 aromatic rings. The van der Waals surface area contributed by atoms with E-state index < -0.39 is 0 Å². The van der Waals surface area contributed by atoms with Crippen LogP contribution in [0.5, 0.6) is 0 Å². The zero-order chi connectivity index (χ0) is 13.0. The van der Waals surface area contributed by atoms with Gasteiger partial charge in [-0.05, 0) is 25.5 Å². The van der Waals surface area contributed by atoms with Gasteiger partial charge in [-0.15, -0.1) is 0 Å². The van der Waals surface area contributed by atoms with Crippen LogP contribution in [0.1, 0.15) is 19.0 Å². The smallest absolute Gasteiger partial charge is 0.228 e. The molecule has 1 amide bonds. The van der Waals surface area contributed by atoms with E-state index >= 15 is 0 Å². The average Bonchev–Trinajstić information content (AvgIpc) is 2.57. The summed E-state index contributed by atoms with van der Waals surface area (Å²) in [6.07, 6.45) is 2.91. The predicted octanol–water partition coefficient (Wildman–Crippen LogP) is 0.844. The summed E-state index contributed by atoms with van der Waals surface area (Å²) in [5.41, 5.74) is 6.94. The molecule has 98 valence electrons. The van der Waals surface area contributed by atoms with Crippen molar-refractivity contribution < 1.29 is 9.53 Å². The SMILES string of the molecule is CC1CN(C(=O)Cc2ccc(N)cn2)CCCO1. The number of hydrogen-bond donors (Lipinski definition) is 1. The topological polar surface area (TPSA) is 68.5 Å². The molecule has 0 aliphatic carbocycles. The van der Waals surface area contributed by atoms with Crippen molar-refractivity contribution in [1.82, 2.24) is 9.88 Å². The van der Waals surface area contributed by atoms with Crippen LogP contribution in [0.2, 0.25) is 0 Å². The fourth-order valence-corrected chi connectivity index (χ4v) is 2.03. The molecule has 0 aromatic carbocycles. The molecule has 1 saturated heterocycles. The molecular formula is C13H19N3O2. The number of anilines is 1. The Morgan fingerprint density at radius 3 is 3.17 bits per heavy atom. The molecule has 0 bridgehead atoms. The maximum atomic E-state index is 12.1. The molecule has 2 rings (SSSR count). The Morgan fingerprint density at radius 2 is 2.44 bits per heavy atom. The zero-order valence-corrected chi connectivity index (χ0v) is 10.6. The van der Waals surface area contributed by atoms with E-state index in [9.17, 15) is 4.79 Å². The summed E-state index contributed by atoms with van der Waals surface area (Å²) in [4.78, 5) is 18.2. The van der Waals surface area contributed by atoms with Gasteiger partial charge < -0.3 is 15.4 Å². The van der Waals surface area contributed by atoms with Crippen LogP contribution < -0.4 is 5.73 Å². The van der Waals surface area contributed by atoms with Gasteiger partial charge in [0.15, 0.2) is 0 Å². The molecule has 0 radical (unpaired) electrons. The first-order valence-corrected chi connectivity index (χ1v) is 6.25. The largest absolute Gasteiger partial charge is 0.397 e. The molecule has 0 spiro atoms. The number of aromatic nitrogens is 1. The maximum Gasteiger partial charge on any atom is 0.228 e. The number of ether oxygens (including phenoxy) is 1. The molecule has 1 atom stereocenters. The number of pyridine rings is 1. The van der Waals surface area contributed by atoms with Gasteiger partial charge in [-0.25, -0.2) is 0 Å².